The zero-order chi connectivity index (χ0) is 12.1. The van der Waals surface area contributed by atoms with Crippen molar-refractivity contribution in [2.45, 2.75) is 0 Å². The highest BCUT2D eigenvalue weighted by molar-refractivity contribution is 5.60. The van der Waals surface area contributed by atoms with Crippen molar-refractivity contribution in [3.8, 4) is 17.9 Å². The fraction of sp³-hybridized carbons (Fsp3) is 0. The van der Waals surface area contributed by atoms with Crippen molar-refractivity contribution in [1.82, 2.24) is 0 Å². The molecule has 0 unspecified atom stereocenters. The molecule has 0 radical (unpaired) electrons. The summed E-state index contributed by atoms with van der Waals surface area (Å²) in [6.07, 6.45) is 0. The molecule has 17 heavy (non-hydrogen) atoms. The summed E-state index contributed by atoms with van der Waals surface area (Å²) in [5.74, 6) is 6.02. The van der Waals surface area contributed by atoms with E-state index in [0.29, 0.717) is 11.3 Å². The van der Waals surface area contributed by atoms with Crippen molar-refractivity contribution in [1.29, 1.82) is 5.26 Å². The van der Waals surface area contributed by atoms with E-state index >= 15 is 0 Å². The molecule has 0 spiro atoms. The molecule has 2 rings (SSSR count). The molecule has 2 aromatic carbocycles. The number of nitrogens with zero attached hydrogens (tertiary/aromatic N) is 1. The molecule has 2 aromatic rings. The molecule has 2 nitrogen and oxygen atoms in total. The molecule has 0 aromatic heterocycles. The van der Waals surface area contributed by atoms with Gasteiger partial charge >= 0.3 is 0 Å². The van der Waals surface area contributed by atoms with Crippen molar-refractivity contribution in [2.24, 2.45) is 0 Å². The van der Waals surface area contributed by atoms with Crippen LogP contribution in [0, 0.1) is 23.2 Å². The van der Waals surface area contributed by atoms with Gasteiger partial charge in [0, 0.05) is 16.8 Å². The Morgan fingerprint density at radius 1 is 0.882 bits per heavy atom. The molecule has 0 saturated carbocycles. The van der Waals surface area contributed by atoms with Crippen LogP contribution >= 0.6 is 0 Å². The van der Waals surface area contributed by atoms with Crippen molar-refractivity contribution < 1.29 is 0 Å². The Hall–Kier alpha value is -2.71. The highest BCUT2D eigenvalue weighted by Crippen LogP contribution is 2.12. The van der Waals surface area contributed by atoms with E-state index in [2.05, 4.69) is 11.8 Å². The van der Waals surface area contributed by atoms with Gasteiger partial charge in [-0.1, -0.05) is 30.0 Å². The first-order chi connectivity index (χ1) is 8.29. The van der Waals surface area contributed by atoms with Crippen LogP contribution in [0.2, 0.25) is 0 Å². The Morgan fingerprint density at radius 2 is 1.65 bits per heavy atom. The second-order valence-electron chi connectivity index (χ2n) is 3.53. The van der Waals surface area contributed by atoms with Gasteiger partial charge in [-0.15, -0.1) is 0 Å². The van der Waals surface area contributed by atoms with E-state index in [0.717, 1.165) is 11.1 Å². The molecule has 0 heterocycles. The van der Waals surface area contributed by atoms with Gasteiger partial charge in [0.25, 0.3) is 0 Å². The predicted octanol–water partition coefficient (Wildman–Crippen LogP) is 2.54. The minimum Gasteiger partial charge on any atom is -0.398 e. The Kier molecular flexibility index (Phi) is 3.10. The average molecular weight is 218 g/mol. The molecule has 0 aliphatic rings. The third-order valence-electron chi connectivity index (χ3n) is 2.30. The molecule has 2 heteroatoms. The summed E-state index contributed by atoms with van der Waals surface area (Å²) in [4.78, 5) is 0. The van der Waals surface area contributed by atoms with Crippen molar-refractivity contribution >= 4 is 5.69 Å². The Morgan fingerprint density at radius 3 is 2.29 bits per heavy atom. The first kappa shape index (κ1) is 10.8. The van der Waals surface area contributed by atoms with Crippen molar-refractivity contribution in [3.63, 3.8) is 0 Å². The number of nitrogen functional groups attached to an aromatic ring is 1. The SMILES string of the molecule is N#Cc1ccc(C#Cc2ccccc2)c(N)c1. The molecule has 2 N–H and O–H groups in total. The second-order valence-corrected chi connectivity index (χ2v) is 3.53. The minimum absolute atomic E-state index is 0.535. The number of hydrogen-bond donors (Lipinski definition) is 1. The zero-order valence-electron chi connectivity index (χ0n) is 9.14. The molecule has 0 aliphatic carbocycles. The molecule has 0 aliphatic heterocycles. The lowest BCUT2D eigenvalue weighted by molar-refractivity contribution is 1.48. The second kappa shape index (κ2) is 4.88. The highest BCUT2D eigenvalue weighted by Gasteiger charge is 1.97. The summed E-state index contributed by atoms with van der Waals surface area (Å²) < 4.78 is 0. The lowest BCUT2D eigenvalue weighted by Gasteiger charge is -1.97. The van der Waals surface area contributed by atoms with E-state index in [1.54, 1.807) is 18.2 Å². The number of rotatable bonds is 0. The zero-order valence-corrected chi connectivity index (χ0v) is 9.14. The van der Waals surface area contributed by atoms with Crippen LogP contribution in [-0.2, 0) is 0 Å². The van der Waals surface area contributed by atoms with Crippen LogP contribution in [-0.4, -0.2) is 0 Å². The smallest absolute Gasteiger partial charge is 0.0992 e. The largest absolute Gasteiger partial charge is 0.398 e. The molecule has 0 saturated heterocycles. The number of nitrogens with two attached hydrogens (primary N) is 1. The van der Waals surface area contributed by atoms with Crippen molar-refractivity contribution in [3.05, 3.63) is 65.2 Å². The molecule has 0 amide bonds. The van der Waals surface area contributed by atoms with Gasteiger partial charge in [0.2, 0.25) is 0 Å². The molecule has 0 atom stereocenters. The lowest BCUT2D eigenvalue weighted by atomic mass is 10.1. The molecular formula is C15H10N2. The van der Waals surface area contributed by atoms with Crippen LogP contribution < -0.4 is 5.73 Å². The number of hydrogen-bond acceptors (Lipinski definition) is 2. The maximum Gasteiger partial charge on any atom is 0.0992 e. The van der Waals surface area contributed by atoms with Crippen LogP contribution in [0.4, 0.5) is 5.69 Å². The van der Waals surface area contributed by atoms with Gasteiger partial charge in [0.15, 0.2) is 0 Å². The molecule has 0 bridgehead atoms. The minimum atomic E-state index is 0.535. The van der Waals surface area contributed by atoms with Crippen LogP contribution in [0.25, 0.3) is 0 Å². The molecule has 0 fully saturated rings. The van der Waals surface area contributed by atoms with Crippen LogP contribution in [0.1, 0.15) is 16.7 Å². The summed E-state index contributed by atoms with van der Waals surface area (Å²) in [5.41, 5.74) is 8.58. The van der Waals surface area contributed by atoms with Crippen LogP contribution in [0.15, 0.2) is 48.5 Å². The first-order valence-electron chi connectivity index (χ1n) is 5.16. The fourth-order valence-electron chi connectivity index (χ4n) is 1.41. The topological polar surface area (TPSA) is 49.8 Å². The highest BCUT2D eigenvalue weighted by atomic mass is 14.6. The normalized spacial score (nSPS) is 8.88. The predicted molar refractivity (Wildman–Crippen MR) is 68.0 cm³/mol. The van der Waals surface area contributed by atoms with Gasteiger partial charge in [-0.25, -0.2) is 0 Å². The number of benzene rings is 2. The first-order valence-corrected chi connectivity index (χ1v) is 5.16. The van der Waals surface area contributed by atoms with Crippen molar-refractivity contribution in [2.75, 3.05) is 5.73 Å². The van der Waals surface area contributed by atoms with Crippen LogP contribution in [0.5, 0.6) is 0 Å². The summed E-state index contributed by atoms with van der Waals surface area (Å²) >= 11 is 0. The van der Waals surface area contributed by atoms with Gasteiger partial charge in [-0.2, -0.15) is 5.26 Å². The Balaban J connectivity index is 2.32. The fourth-order valence-corrected chi connectivity index (χ4v) is 1.41. The number of nitriles is 1. The standard InChI is InChI=1S/C15H10N2/c16-11-13-7-9-14(15(17)10-13)8-6-12-4-2-1-3-5-12/h1-5,7,9-10H,17H2. The maximum atomic E-state index is 8.72. The van der Waals surface area contributed by atoms with Gasteiger partial charge in [-0.05, 0) is 30.3 Å². The van der Waals surface area contributed by atoms with Gasteiger partial charge in [0.05, 0.1) is 11.6 Å². The molecular weight excluding hydrogens is 208 g/mol. The monoisotopic (exact) mass is 218 g/mol. The Labute approximate surface area is 100 Å². The van der Waals surface area contributed by atoms with Crippen LogP contribution in [0.3, 0.4) is 0 Å². The van der Waals surface area contributed by atoms with E-state index < -0.39 is 0 Å². The van der Waals surface area contributed by atoms with E-state index in [1.165, 1.54) is 0 Å². The van der Waals surface area contributed by atoms with Gasteiger partial charge in [0.1, 0.15) is 0 Å². The van der Waals surface area contributed by atoms with E-state index in [4.69, 9.17) is 11.0 Å². The molecule has 80 valence electrons. The van der Waals surface area contributed by atoms with E-state index in [9.17, 15) is 0 Å². The quantitative estimate of drug-likeness (QED) is 0.545. The van der Waals surface area contributed by atoms with E-state index in [1.807, 2.05) is 36.4 Å². The average Bonchev–Trinajstić information content (AvgIpc) is 2.38. The third kappa shape index (κ3) is 2.65. The Bertz CT molecular complexity index is 625. The maximum absolute atomic E-state index is 8.72. The van der Waals surface area contributed by atoms with E-state index in [-0.39, 0.29) is 0 Å². The summed E-state index contributed by atoms with van der Waals surface area (Å²) in [5, 5.41) is 8.72. The summed E-state index contributed by atoms with van der Waals surface area (Å²) in [7, 11) is 0. The summed E-state index contributed by atoms with van der Waals surface area (Å²) in [6, 6.07) is 16.8. The lowest BCUT2D eigenvalue weighted by Crippen LogP contribution is -1.91. The summed E-state index contributed by atoms with van der Waals surface area (Å²) in [6.45, 7) is 0. The van der Waals surface area contributed by atoms with Gasteiger partial charge < -0.3 is 5.73 Å². The third-order valence-corrected chi connectivity index (χ3v) is 2.30. The number of anilines is 1. The van der Waals surface area contributed by atoms with Gasteiger partial charge in [-0.3, -0.25) is 0 Å².